The number of nitrogens with zero attached hydrogens (tertiary/aromatic N) is 2. The van der Waals surface area contributed by atoms with E-state index in [1.807, 2.05) is 0 Å². The van der Waals surface area contributed by atoms with Crippen LogP contribution in [0.3, 0.4) is 0 Å². The molecular weight excluding hydrogens is 172 g/mol. The standard InChI is InChI=1S/C8H10N2O3/c1-5-6(2)9-7(4-11)3-8(5)10(12)13/h3,11H,4H2,1-2H3. The van der Waals surface area contributed by atoms with Crippen molar-refractivity contribution in [1.82, 2.24) is 4.98 Å². The second-order valence-corrected chi connectivity index (χ2v) is 2.76. The average molecular weight is 182 g/mol. The van der Waals surface area contributed by atoms with Crippen LogP contribution in [0.1, 0.15) is 17.0 Å². The molecule has 1 aromatic heterocycles. The zero-order chi connectivity index (χ0) is 10.0. The van der Waals surface area contributed by atoms with Crippen LogP contribution in [0.2, 0.25) is 0 Å². The molecule has 0 unspecified atom stereocenters. The highest BCUT2D eigenvalue weighted by Crippen LogP contribution is 2.20. The van der Waals surface area contributed by atoms with Crippen LogP contribution < -0.4 is 0 Å². The molecule has 0 aliphatic carbocycles. The topological polar surface area (TPSA) is 76.3 Å². The van der Waals surface area contributed by atoms with Crippen LogP contribution in [0, 0.1) is 24.0 Å². The number of rotatable bonds is 2. The minimum absolute atomic E-state index is 0.0107. The molecule has 0 aliphatic rings. The number of hydrogen-bond acceptors (Lipinski definition) is 4. The van der Waals surface area contributed by atoms with Gasteiger partial charge in [0.25, 0.3) is 5.69 Å². The van der Waals surface area contributed by atoms with Gasteiger partial charge in [0, 0.05) is 17.3 Å². The summed E-state index contributed by atoms with van der Waals surface area (Å²) in [6, 6.07) is 1.29. The fraction of sp³-hybridized carbons (Fsp3) is 0.375. The summed E-state index contributed by atoms with van der Waals surface area (Å²) < 4.78 is 0. The molecule has 0 saturated carbocycles. The van der Waals surface area contributed by atoms with Gasteiger partial charge in [-0.3, -0.25) is 15.1 Å². The number of nitro groups is 1. The van der Waals surface area contributed by atoms with E-state index in [0.717, 1.165) is 0 Å². The van der Waals surface area contributed by atoms with Crippen molar-refractivity contribution in [2.45, 2.75) is 20.5 Å². The van der Waals surface area contributed by atoms with Crippen molar-refractivity contribution in [3.63, 3.8) is 0 Å². The summed E-state index contributed by atoms with van der Waals surface area (Å²) in [6.45, 7) is 3.05. The van der Waals surface area contributed by atoms with Gasteiger partial charge >= 0.3 is 0 Å². The third-order valence-electron chi connectivity index (χ3n) is 1.90. The van der Waals surface area contributed by atoms with E-state index in [4.69, 9.17) is 5.11 Å². The van der Waals surface area contributed by atoms with E-state index in [-0.39, 0.29) is 12.3 Å². The van der Waals surface area contributed by atoms with E-state index in [1.165, 1.54) is 6.07 Å². The van der Waals surface area contributed by atoms with E-state index >= 15 is 0 Å². The second kappa shape index (κ2) is 3.49. The molecule has 1 aromatic rings. The van der Waals surface area contributed by atoms with Gasteiger partial charge in [-0.05, 0) is 13.8 Å². The lowest BCUT2D eigenvalue weighted by Crippen LogP contribution is -2.00. The highest BCUT2D eigenvalue weighted by molar-refractivity contribution is 5.42. The van der Waals surface area contributed by atoms with Crippen LogP contribution >= 0.6 is 0 Å². The fourth-order valence-electron chi connectivity index (χ4n) is 1.05. The minimum atomic E-state index is -0.469. The van der Waals surface area contributed by atoms with Gasteiger partial charge in [0.15, 0.2) is 0 Å². The van der Waals surface area contributed by atoms with Gasteiger partial charge < -0.3 is 5.11 Å². The van der Waals surface area contributed by atoms with E-state index in [9.17, 15) is 10.1 Å². The summed E-state index contributed by atoms with van der Waals surface area (Å²) in [7, 11) is 0. The number of pyridine rings is 1. The molecule has 0 aromatic carbocycles. The van der Waals surface area contributed by atoms with Gasteiger partial charge in [0.2, 0.25) is 0 Å². The highest BCUT2D eigenvalue weighted by atomic mass is 16.6. The van der Waals surface area contributed by atoms with Crippen molar-refractivity contribution >= 4 is 5.69 Å². The van der Waals surface area contributed by atoms with Gasteiger partial charge in [-0.25, -0.2) is 0 Å². The van der Waals surface area contributed by atoms with Gasteiger partial charge in [0.05, 0.1) is 17.2 Å². The lowest BCUT2D eigenvalue weighted by Gasteiger charge is -2.02. The van der Waals surface area contributed by atoms with Gasteiger partial charge in [0.1, 0.15) is 0 Å². The molecular formula is C8H10N2O3. The maximum absolute atomic E-state index is 10.5. The predicted octanol–water partition coefficient (Wildman–Crippen LogP) is 1.10. The molecule has 5 heteroatoms. The molecule has 0 radical (unpaired) electrons. The molecule has 5 nitrogen and oxygen atoms in total. The lowest BCUT2D eigenvalue weighted by molar-refractivity contribution is -0.385. The zero-order valence-electron chi connectivity index (χ0n) is 7.44. The summed E-state index contributed by atoms with van der Waals surface area (Å²) in [6.07, 6.45) is 0. The van der Waals surface area contributed by atoms with Gasteiger partial charge in [-0.1, -0.05) is 0 Å². The molecule has 0 fully saturated rings. The van der Waals surface area contributed by atoms with Crippen LogP contribution in [-0.4, -0.2) is 15.0 Å². The molecule has 1 heterocycles. The maximum Gasteiger partial charge on any atom is 0.276 e. The van der Waals surface area contributed by atoms with Crippen molar-refractivity contribution in [2.75, 3.05) is 0 Å². The molecule has 0 saturated heterocycles. The van der Waals surface area contributed by atoms with Crippen LogP contribution in [0.4, 0.5) is 5.69 Å². The van der Waals surface area contributed by atoms with Gasteiger partial charge in [-0.15, -0.1) is 0 Å². The number of aryl methyl sites for hydroxylation is 1. The maximum atomic E-state index is 10.5. The molecule has 0 bridgehead atoms. The monoisotopic (exact) mass is 182 g/mol. The molecule has 13 heavy (non-hydrogen) atoms. The molecule has 1 rings (SSSR count). The van der Waals surface area contributed by atoms with E-state index in [0.29, 0.717) is 17.0 Å². The summed E-state index contributed by atoms with van der Waals surface area (Å²) in [4.78, 5) is 14.0. The molecule has 1 N–H and O–H groups in total. The number of aliphatic hydroxyl groups is 1. The van der Waals surface area contributed by atoms with E-state index < -0.39 is 4.92 Å². The van der Waals surface area contributed by atoms with Crippen LogP contribution in [0.15, 0.2) is 6.07 Å². The average Bonchev–Trinajstić information content (AvgIpc) is 2.09. The Bertz CT molecular complexity index is 349. The Kier molecular flexibility index (Phi) is 2.57. The smallest absolute Gasteiger partial charge is 0.276 e. The SMILES string of the molecule is Cc1nc(CO)cc([N+](=O)[O-])c1C. The summed E-state index contributed by atoms with van der Waals surface area (Å²) in [5, 5.41) is 19.3. The summed E-state index contributed by atoms with van der Waals surface area (Å²) in [5.74, 6) is 0. The minimum Gasteiger partial charge on any atom is -0.390 e. The summed E-state index contributed by atoms with van der Waals surface area (Å²) in [5.41, 5.74) is 1.46. The van der Waals surface area contributed by atoms with Crippen molar-refractivity contribution in [2.24, 2.45) is 0 Å². The Morgan fingerprint density at radius 3 is 2.69 bits per heavy atom. The molecule has 0 atom stereocenters. The first kappa shape index (κ1) is 9.60. The third-order valence-corrected chi connectivity index (χ3v) is 1.90. The van der Waals surface area contributed by atoms with Crippen LogP contribution in [0.5, 0.6) is 0 Å². The summed E-state index contributed by atoms with van der Waals surface area (Å²) >= 11 is 0. The quantitative estimate of drug-likeness (QED) is 0.548. The fourth-order valence-corrected chi connectivity index (χ4v) is 1.05. The van der Waals surface area contributed by atoms with Crippen molar-refractivity contribution in [3.8, 4) is 0 Å². The Morgan fingerprint density at radius 2 is 2.23 bits per heavy atom. The first-order chi connectivity index (χ1) is 6.06. The van der Waals surface area contributed by atoms with Crippen molar-refractivity contribution < 1.29 is 10.0 Å². The third kappa shape index (κ3) is 1.81. The van der Waals surface area contributed by atoms with Crippen LogP contribution in [-0.2, 0) is 6.61 Å². The second-order valence-electron chi connectivity index (χ2n) is 2.76. The van der Waals surface area contributed by atoms with Crippen LogP contribution in [0.25, 0.3) is 0 Å². The Balaban J connectivity index is 3.33. The van der Waals surface area contributed by atoms with E-state index in [2.05, 4.69) is 4.98 Å². The lowest BCUT2D eigenvalue weighted by atomic mass is 10.1. The largest absolute Gasteiger partial charge is 0.390 e. The number of hydrogen-bond donors (Lipinski definition) is 1. The zero-order valence-corrected chi connectivity index (χ0v) is 7.44. The Hall–Kier alpha value is -1.49. The Labute approximate surface area is 75.2 Å². The first-order valence-corrected chi connectivity index (χ1v) is 3.78. The normalized spacial score (nSPS) is 10.1. The Morgan fingerprint density at radius 1 is 1.62 bits per heavy atom. The molecule has 0 amide bonds. The van der Waals surface area contributed by atoms with Crippen molar-refractivity contribution in [3.05, 3.63) is 33.1 Å². The predicted molar refractivity (Wildman–Crippen MR) is 46.3 cm³/mol. The van der Waals surface area contributed by atoms with Crippen molar-refractivity contribution in [1.29, 1.82) is 0 Å². The highest BCUT2D eigenvalue weighted by Gasteiger charge is 2.14. The van der Waals surface area contributed by atoms with Gasteiger partial charge in [-0.2, -0.15) is 0 Å². The molecule has 0 spiro atoms. The van der Waals surface area contributed by atoms with E-state index in [1.54, 1.807) is 13.8 Å². The number of aliphatic hydroxyl groups excluding tert-OH is 1. The molecule has 70 valence electrons. The first-order valence-electron chi connectivity index (χ1n) is 3.78. The number of aromatic nitrogens is 1. The molecule has 0 aliphatic heterocycles.